The summed E-state index contributed by atoms with van der Waals surface area (Å²) >= 11 is 0. The Morgan fingerprint density at radius 2 is 1.80 bits per heavy atom. The number of carboxylic acid groups (broad SMARTS) is 1. The number of nitrogens with one attached hydrogen (secondary N) is 1. The van der Waals surface area contributed by atoms with Crippen molar-refractivity contribution in [2.75, 3.05) is 11.9 Å². The molecule has 0 amide bonds. The molecule has 0 aromatic heterocycles. The van der Waals surface area contributed by atoms with Crippen LogP contribution < -0.4 is 5.32 Å². The number of benzene rings is 2. The van der Waals surface area contributed by atoms with Crippen LogP contribution in [-0.2, 0) is 6.42 Å². The highest BCUT2D eigenvalue weighted by molar-refractivity contribution is 5.88. The van der Waals surface area contributed by atoms with Crippen LogP contribution in [0, 0.1) is 11.6 Å². The zero-order chi connectivity index (χ0) is 14.5. The summed E-state index contributed by atoms with van der Waals surface area (Å²) in [6, 6.07) is 9.75. The first-order valence-electron chi connectivity index (χ1n) is 6.07. The monoisotopic (exact) mass is 277 g/mol. The van der Waals surface area contributed by atoms with Gasteiger partial charge in [0.25, 0.3) is 0 Å². The predicted molar refractivity (Wildman–Crippen MR) is 72.0 cm³/mol. The molecule has 20 heavy (non-hydrogen) atoms. The smallest absolute Gasteiger partial charge is 0.335 e. The van der Waals surface area contributed by atoms with E-state index in [0.717, 1.165) is 6.07 Å². The van der Waals surface area contributed by atoms with Gasteiger partial charge >= 0.3 is 5.97 Å². The molecule has 2 aromatic carbocycles. The van der Waals surface area contributed by atoms with E-state index in [0.29, 0.717) is 24.2 Å². The molecule has 3 nitrogen and oxygen atoms in total. The molecule has 0 bridgehead atoms. The normalized spacial score (nSPS) is 10.3. The van der Waals surface area contributed by atoms with Crippen molar-refractivity contribution in [1.82, 2.24) is 0 Å². The fourth-order valence-electron chi connectivity index (χ4n) is 1.87. The summed E-state index contributed by atoms with van der Waals surface area (Å²) in [5.74, 6) is -2.21. The molecule has 0 saturated heterocycles. The van der Waals surface area contributed by atoms with Crippen molar-refractivity contribution in [3.8, 4) is 0 Å². The summed E-state index contributed by atoms with van der Waals surface area (Å²) in [7, 11) is 0. The van der Waals surface area contributed by atoms with Crippen LogP contribution >= 0.6 is 0 Å². The molecule has 0 unspecified atom stereocenters. The number of halogens is 2. The molecule has 104 valence electrons. The van der Waals surface area contributed by atoms with Gasteiger partial charge in [0.2, 0.25) is 0 Å². The van der Waals surface area contributed by atoms with Gasteiger partial charge in [0.05, 0.1) is 5.56 Å². The molecule has 0 saturated carbocycles. The summed E-state index contributed by atoms with van der Waals surface area (Å²) in [4.78, 5) is 10.8. The van der Waals surface area contributed by atoms with Gasteiger partial charge in [-0.25, -0.2) is 13.6 Å². The summed E-state index contributed by atoms with van der Waals surface area (Å²) in [5, 5.41) is 11.9. The predicted octanol–water partition coefficient (Wildman–Crippen LogP) is 3.32. The number of carboxylic acids is 1. The molecular weight excluding hydrogens is 264 g/mol. The van der Waals surface area contributed by atoms with Gasteiger partial charge in [-0.3, -0.25) is 0 Å². The second-order valence-electron chi connectivity index (χ2n) is 4.34. The Morgan fingerprint density at radius 3 is 2.45 bits per heavy atom. The largest absolute Gasteiger partial charge is 0.478 e. The Hall–Kier alpha value is -2.43. The number of anilines is 1. The maximum absolute atomic E-state index is 13.0. The zero-order valence-electron chi connectivity index (χ0n) is 10.6. The first-order valence-corrected chi connectivity index (χ1v) is 6.07. The first-order chi connectivity index (χ1) is 9.54. The van der Waals surface area contributed by atoms with Gasteiger partial charge in [0, 0.05) is 18.3 Å². The van der Waals surface area contributed by atoms with Crippen molar-refractivity contribution in [1.29, 1.82) is 0 Å². The minimum Gasteiger partial charge on any atom is -0.478 e. The topological polar surface area (TPSA) is 49.3 Å². The SMILES string of the molecule is O=C(O)c1cccc(NCCc2cc(F)cc(F)c2)c1. The quantitative estimate of drug-likeness (QED) is 0.881. The van der Waals surface area contributed by atoms with Gasteiger partial charge < -0.3 is 10.4 Å². The van der Waals surface area contributed by atoms with Crippen molar-refractivity contribution in [3.05, 3.63) is 65.2 Å². The zero-order valence-corrected chi connectivity index (χ0v) is 10.6. The standard InChI is InChI=1S/C15H13F2NO2/c16-12-6-10(7-13(17)9-12)4-5-18-14-3-1-2-11(8-14)15(19)20/h1-3,6-9,18H,4-5H2,(H,19,20). The highest BCUT2D eigenvalue weighted by atomic mass is 19.1. The van der Waals surface area contributed by atoms with Crippen LogP contribution in [-0.4, -0.2) is 17.6 Å². The molecule has 0 aliphatic heterocycles. The number of aromatic carboxylic acids is 1. The fraction of sp³-hybridized carbons (Fsp3) is 0.133. The van der Waals surface area contributed by atoms with E-state index in [4.69, 9.17) is 5.11 Å². The lowest BCUT2D eigenvalue weighted by atomic mass is 10.1. The van der Waals surface area contributed by atoms with E-state index in [1.54, 1.807) is 12.1 Å². The molecule has 0 spiro atoms. The molecule has 0 radical (unpaired) electrons. The van der Waals surface area contributed by atoms with Gasteiger partial charge in [-0.2, -0.15) is 0 Å². The fourth-order valence-corrected chi connectivity index (χ4v) is 1.87. The van der Waals surface area contributed by atoms with E-state index < -0.39 is 17.6 Å². The molecule has 5 heteroatoms. The van der Waals surface area contributed by atoms with E-state index >= 15 is 0 Å². The lowest BCUT2D eigenvalue weighted by molar-refractivity contribution is 0.0697. The van der Waals surface area contributed by atoms with E-state index in [1.807, 2.05) is 0 Å². The van der Waals surface area contributed by atoms with Crippen molar-refractivity contribution in [2.45, 2.75) is 6.42 Å². The van der Waals surface area contributed by atoms with Gasteiger partial charge in [0.1, 0.15) is 11.6 Å². The molecular formula is C15H13F2NO2. The molecule has 0 atom stereocenters. The Morgan fingerprint density at radius 1 is 1.10 bits per heavy atom. The Labute approximate surface area is 114 Å². The van der Waals surface area contributed by atoms with Crippen LogP contribution in [0.1, 0.15) is 15.9 Å². The highest BCUT2D eigenvalue weighted by Crippen LogP contribution is 2.12. The Bertz CT molecular complexity index is 609. The van der Waals surface area contributed by atoms with Crippen molar-refractivity contribution in [2.24, 2.45) is 0 Å². The van der Waals surface area contributed by atoms with Crippen LogP contribution in [0.4, 0.5) is 14.5 Å². The maximum Gasteiger partial charge on any atom is 0.335 e. The second kappa shape index (κ2) is 6.14. The summed E-state index contributed by atoms with van der Waals surface area (Å²) < 4.78 is 26.0. The average Bonchev–Trinajstić information content (AvgIpc) is 2.38. The Kier molecular flexibility index (Phi) is 4.30. The minimum atomic E-state index is -0.999. The minimum absolute atomic E-state index is 0.187. The number of hydrogen-bond acceptors (Lipinski definition) is 2. The lowest BCUT2D eigenvalue weighted by Gasteiger charge is -2.07. The van der Waals surface area contributed by atoms with Gasteiger partial charge in [0.15, 0.2) is 0 Å². The second-order valence-corrected chi connectivity index (χ2v) is 4.34. The average molecular weight is 277 g/mol. The molecule has 0 heterocycles. The van der Waals surface area contributed by atoms with E-state index in [1.165, 1.54) is 24.3 Å². The first kappa shape index (κ1) is 14.0. The van der Waals surface area contributed by atoms with Gasteiger partial charge in [-0.05, 0) is 42.3 Å². The third-order valence-electron chi connectivity index (χ3n) is 2.77. The molecule has 2 rings (SSSR count). The van der Waals surface area contributed by atoms with Crippen LogP contribution in [0.2, 0.25) is 0 Å². The summed E-state index contributed by atoms with van der Waals surface area (Å²) in [5.41, 5.74) is 1.39. The molecule has 0 aliphatic rings. The number of carbonyl (C=O) groups is 1. The van der Waals surface area contributed by atoms with Crippen LogP contribution in [0.3, 0.4) is 0 Å². The van der Waals surface area contributed by atoms with Crippen molar-refractivity contribution < 1.29 is 18.7 Å². The van der Waals surface area contributed by atoms with E-state index in [-0.39, 0.29) is 5.56 Å². The third-order valence-corrected chi connectivity index (χ3v) is 2.77. The molecule has 0 fully saturated rings. The lowest BCUT2D eigenvalue weighted by Crippen LogP contribution is -2.06. The van der Waals surface area contributed by atoms with E-state index in [9.17, 15) is 13.6 Å². The molecule has 2 aromatic rings. The maximum atomic E-state index is 13.0. The van der Waals surface area contributed by atoms with E-state index in [2.05, 4.69) is 5.32 Å². The summed E-state index contributed by atoms with van der Waals surface area (Å²) in [6.45, 7) is 0.450. The highest BCUT2D eigenvalue weighted by Gasteiger charge is 2.03. The van der Waals surface area contributed by atoms with Crippen LogP contribution in [0.25, 0.3) is 0 Å². The third kappa shape index (κ3) is 3.78. The Balaban J connectivity index is 1.95. The van der Waals surface area contributed by atoms with Gasteiger partial charge in [-0.15, -0.1) is 0 Å². The van der Waals surface area contributed by atoms with Crippen molar-refractivity contribution in [3.63, 3.8) is 0 Å². The van der Waals surface area contributed by atoms with Crippen LogP contribution in [0.5, 0.6) is 0 Å². The molecule has 0 aliphatic carbocycles. The van der Waals surface area contributed by atoms with Crippen LogP contribution in [0.15, 0.2) is 42.5 Å². The number of rotatable bonds is 5. The molecule has 2 N–H and O–H groups in total. The number of hydrogen-bond donors (Lipinski definition) is 2. The summed E-state index contributed by atoms with van der Waals surface area (Å²) in [6.07, 6.45) is 0.436. The van der Waals surface area contributed by atoms with Crippen molar-refractivity contribution >= 4 is 11.7 Å². The van der Waals surface area contributed by atoms with Gasteiger partial charge in [-0.1, -0.05) is 6.07 Å².